The molecule has 1 heterocycles. The summed E-state index contributed by atoms with van der Waals surface area (Å²) < 4.78 is 41.6. The van der Waals surface area contributed by atoms with Crippen LogP contribution in [0.4, 0.5) is 3.89 Å². The Morgan fingerprint density at radius 3 is 2.50 bits per heavy atom. The van der Waals surface area contributed by atoms with Crippen molar-refractivity contribution in [1.29, 1.82) is 0 Å². The first-order valence-electron chi connectivity index (χ1n) is 4.98. The Hall–Kier alpha value is -1.89. The van der Waals surface area contributed by atoms with E-state index in [1.54, 1.807) is 18.2 Å². The van der Waals surface area contributed by atoms with Gasteiger partial charge in [0, 0.05) is 18.0 Å². The van der Waals surface area contributed by atoms with E-state index in [4.69, 9.17) is 0 Å². The van der Waals surface area contributed by atoms with Gasteiger partial charge in [-0.3, -0.25) is 0 Å². The van der Waals surface area contributed by atoms with Crippen molar-refractivity contribution in [2.24, 2.45) is 7.05 Å². The third-order valence-electron chi connectivity index (χ3n) is 2.68. The topological polar surface area (TPSA) is 65.4 Å². The predicted molar refractivity (Wildman–Crippen MR) is 62.6 cm³/mol. The number of hydrogen-bond acceptors (Lipinski definition) is 4. The molecule has 18 heavy (non-hydrogen) atoms. The van der Waals surface area contributed by atoms with E-state index in [1.807, 2.05) is 0 Å². The molecule has 1 aromatic heterocycles. The van der Waals surface area contributed by atoms with Crippen molar-refractivity contribution in [3.63, 3.8) is 0 Å². The number of para-hydroxylation sites is 1. The minimum absolute atomic E-state index is 0.155. The van der Waals surface area contributed by atoms with Gasteiger partial charge < -0.3 is 9.30 Å². The molecular weight excluding hydrogens is 261 g/mol. The van der Waals surface area contributed by atoms with E-state index < -0.39 is 21.1 Å². The van der Waals surface area contributed by atoms with Gasteiger partial charge in [0.05, 0.1) is 7.11 Å². The van der Waals surface area contributed by atoms with Crippen molar-refractivity contribution in [1.82, 2.24) is 4.57 Å². The zero-order valence-electron chi connectivity index (χ0n) is 9.68. The standard InChI is InChI=1S/C11H10FNO4S/c1-13-8-6-4-3-5-7(8)10(18(12,15)16)9(13)11(14)17-2/h3-6H,1-2H3. The van der Waals surface area contributed by atoms with Gasteiger partial charge in [-0.1, -0.05) is 18.2 Å². The summed E-state index contributed by atoms with van der Waals surface area (Å²) in [7, 11) is -2.43. The number of rotatable bonds is 2. The predicted octanol–water partition coefficient (Wildman–Crippen LogP) is 1.62. The lowest BCUT2D eigenvalue weighted by molar-refractivity contribution is 0.0585. The molecule has 1 aromatic carbocycles. The molecule has 0 radical (unpaired) electrons. The number of hydrogen-bond donors (Lipinski definition) is 0. The molecule has 0 spiro atoms. The summed E-state index contributed by atoms with van der Waals surface area (Å²) in [6.45, 7) is 0. The molecule has 0 atom stereocenters. The molecule has 0 aliphatic rings. The maximum absolute atomic E-state index is 13.4. The lowest BCUT2D eigenvalue weighted by Crippen LogP contribution is -2.11. The highest BCUT2D eigenvalue weighted by Gasteiger charge is 2.30. The number of carbonyl (C=O) groups is 1. The van der Waals surface area contributed by atoms with E-state index in [2.05, 4.69) is 4.74 Å². The number of aryl methyl sites for hydroxylation is 1. The molecule has 0 N–H and O–H groups in total. The minimum atomic E-state index is -5.02. The minimum Gasteiger partial charge on any atom is -0.464 e. The Morgan fingerprint density at radius 2 is 1.94 bits per heavy atom. The summed E-state index contributed by atoms with van der Waals surface area (Å²) >= 11 is 0. The highest BCUT2D eigenvalue weighted by atomic mass is 32.3. The first kappa shape index (κ1) is 12.6. The second kappa shape index (κ2) is 4.09. The van der Waals surface area contributed by atoms with E-state index >= 15 is 0 Å². The first-order valence-corrected chi connectivity index (χ1v) is 6.36. The van der Waals surface area contributed by atoms with E-state index in [1.165, 1.54) is 17.7 Å². The Kier molecular flexibility index (Phi) is 2.86. The van der Waals surface area contributed by atoms with Crippen molar-refractivity contribution < 1.29 is 21.8 Å². The molecule has 0 saturated carbocycles. The fourth-order valence-corrected chi connectivity index (χ4v) is 2.82. The number of carbonyl (C=O) groups excluding carboxylic acids is 1. The van der Waals surface area contributed by atoms with Crippen molar-refractivity contribution in [3.8, 4) is 0 Å². The Morgan fingerprint density at radius 1 is 1.33 bits per heavy atom. The van der Waals surface area contributed by atoms with Crippen molar-refractivity contribution in [2.75, 3.05) is 7.11 Å². The molecule has 0 aliphatic carbocycles. The number of ether oxygens (including phenoxy) is 1. The zero-order chi connectivity index (χ0) is 13.5. The molecule has 0 amide bonds. The Labute approximate surface area is 103 Å². The van der Waals surface area contributed by atoms with Gasteiger partial charge in [-0.15, -0.1) is 3.89 Å². The molecule has 5 nitrogen and oxygen atoms in total. The molecule has 0 fully saturated rings. The van der Waals surface area contributed by atoms with Gasteiger partial charge in [0.15, 0.2) is 0 Å². The molecule has 2 rings (SSSR count). The number of halogens is 1. The van der Waals surface area contributed by atoms with Crippen LogP contribution >= 0.6 is 0 Å². The second-order valence-corrected chi connectivity index (χ2v) is 4.97. The fourth-order valence-electron chi connectivity index (χ4n) is 1.93. The smallest absolute Gasteiger partial charge is 0.356 e. The number of aromatic nitrogens is 1. The summed E-state index contributed by atoms with van der Waals surface area (Å²) in [4.78, 5) is 11.0. The van der Waals surface area contributed by atoms with Crippen LogP contribution < -0.4 is 0 Å². The van der Waals surface area contributed by atoms with Gasteiger partial charge in [-0.25, -0.2) is 4.79 Å². The summed E-state index contributed by atoms with van der Waals surface area (Å²) in [5.41, 5.74) is 0.121. The Balaban J connectivity index is 3.00. The van der Waals surface area contributed by atoms with Gasteiger partial charge in [-0.05, 0) is 6.07 Å². The molecule has 0 bridgehead atoms. The van der Waals surface area contributed by atoms with Gasteiger partial charge in [-0.2, -0.15) is 8.42 Å². The number of esters is 1. The number of nitrogens with zero attached hydrogens (tertiary/aromatic N) is 1. The van der Waals surface area contributed by atoms with Crippen LogP contribution in [0.5, 0.6) is 0 Å². The van der Waals surface area contributed by atoms with Crippen molar-refractivity contribution >= 4 is 27.1 Å². The van der Waals surface area contributed by atoms with Crippen LogP contribution in [0.2, 0.25) is 0 Å². The van der Waals surface area contributed by atoms with E-state index in [9.17, 15) is 17.1 Å². The molecule has 0 aliphatic heterocycles. The van der Waals surface area contributed by atoms with Crippen LogP contribution in [-0.4, -0.2) is 26.1 Å². The largest absolute Gasteiger partial charge is 0.464 e. The monoisotopic (exact) mass is 271 g/mol. The molecule has 0 unspecified atom stereocenters. The number of benzene rings is 1. The normalized spacial score (nSPS) is 11.7. The maximum atomic E-state index is 13.4. The van der Waals surface area contributed by atoms with Crippen LogP contribution in [0.25, 0.3) is 10.9 Å². The van der Waals surface area contributed by atoms with Crippen LogP contribution in [0.15, 0.2) is 29.2 Å². The summed E-state index contributed by atoms with van der Waals surface area (Å²) in [6.07, 6.45) is 0. The summed E-state index contributed by atoms with van der Waals surface area (Å²) in [5, 5.41) is 0.155. The van der Waals surface area contributed by atoms with Crippen molar-refractivity contribution in [2.45, 2.75) is 4.90 Å². The summed E-state index contributed by atoms with van der Waals surface area (Å²) in [5.74, 6) is -0.898. The first-order chi connectivity index (χ1) is 8.38. The van der Waals surface area contributed by atoms with E-state index in [-0.39, 0.29) is 11.1 Å². The quantitative estimate of drug-likeness (QED) is 0.615. The SMILES string of the molecule is COC(=O)c1c(S(=O)(=O)F)c2ccccc2n1C. The molecule has 2 aromatic rings. The van der Waals surface area contributed by atoms with Crippen LogP contribution in [0, 0.1) is 0 Å². The van der Waals surface area contributed by atoms with E-state index in [0.29, 0.717) is 5.52 Å². The van der Waals surface area contributed by atoms with Crippen molar-refractivity contribution in [3.05, 3.63) is 30.0 Å². The average Bonchev–Trinajstić information content (AvgIpc) is 2.62. The molecule has 0 saturated heterocycles. The Bertz CT molecular complexity index is 733. The molecular formula is C11H10FNO4S. The molecule has 96 valence electrons. The van der Waals surface area contributed by atoms with Gasteiger partial charge in [0.25, 0.3) is 0 Å². The van der Waals surface area contributed by atoms with Crippen LogP contribution in [0.3, 0.4) is 0 Å². The highest BCUT2D eigenvalue weighted by Crippen LogP contribution is 2.31. The lowest BCUT2D eigenvalue weighted by Gasteiger charge is -2.02. The number of fused-ring (bicyclic) bond motifs is 1. The fraction of sp³-hybridized carbons (Fsp3) is 0.182. The maximum Gasteiger partial charge on any atom is 0.356 e. The van der Waals surface area contributed by atoms with Gasteiger partial charge >= 0.3 is 16.2 Å². The third kappa shape index (κ3) is 1.76. The van der Waals surface area contributed by atoms with Crippen LogP contribution in [0.1, 0.15) is 10.5 Å². The summed E-state index contributed by atoms with van der Waals surface area (Å²) in [6, 6.07) is 6.26. The van der Waals surface area contributed by atoms with E-state index in [0.717, 1.165) is 7.11 Å². The van der Waals surface area contributed by atoms with Gasteiger partial charge in [0.2, 0.25) is 0 Å². The third-order valence-corrected chi connectivity index (χ3v) is 3.58. The number of methoxy groups -OCH3 is 1. The highest BCUT2D eigenvalue weighted by molar-refractivity contribution is 7.86. The van der Waals surface area contributed by atoms with Gasteiger partial charge in [0.1, 0.15) is 10.6 Å². The zero-order valence-corrected chi connectivity index (χ0v) is 10.5. The average molecular weight is 271 g/mol. The second-order valence-electron chi connectivity index (χ2n) is 3.68. The van der Waals surface area contributed by atoms with Crippen LogP contribution in [-0.2, 0) is 22.0 Å². The lowest BCUT2D eigenvalue weighted by atomic mass is 10.2. The molecule has 7 heteroatoms.